The van der Waals surface area contributed by atoms with Crippen molar-refractivity contribution in [3.63, 3.8) is 0 Å². The van der Waals surface area contributed by atoms with Gasteiger partial charge in [0.15, 0.2) is 17.5 Å². The van der Waals surface area contributed by atoms with Gasteiger partial charge in [-0.25, -0.2) is 15.0 Å². The van der Waals surface area contributed by atoms with E-state index in [1.807, 2.05) is 18.2 Å². The Labute approximate surface area is 327 Å². The molecule has 7 aromatic carbocycles. The zero-order valence-corrected chi connectivity index (χ0v) is 31.5. The molecule has 3 aliphatic rings. The Morgan fingerprint density at radius 1 is 0.446 bits per heavy atom. The van der Waals surface area contributed by atoms with Gasteiger partial charge in [0.2, 0.25) is 0 Å². The topological polar surface area (TPSA) is 38.7 Å². The SMILES string of the molecule is CC1(C)c2ccccc2C2(C3=C(C=CCC3)c3ccccc32)c2cccc(-c3cccc(-c4nc(-c5ccccc5)nc(-c5ccc6ccccc6c5)n4)c3)c21. The number of nitrogens with zero attached hydrogens (tertiary/aromatic N) is 3. The van der Waals surface area contributed by atoms with Gasteiger partial charge in [0.25, 0.3) is 0 Å². The van der Waals surface area contributed by atoms with E-state index in [0.29, 0.717) is 17.5 Å². The summed E-state index contributed by atoms with van der Waals surface area (Å²) in [5.74, 6) is 1.97. The van der Waals surface area contributed by atoms with Crippen LogP contribution in [0.15, 0.2) is 182 Å². The van der Waals surface area contributed by atoms with E-state index >= 15 is 0 Å². The lowest BCUT2D eigenvalue weighted by Gasteiger charge is -2.48. The van der Waals surface area contributed by atoms with Gasteiger partial charge in [-0.15, -0.1) is 0 Å². The van der Waals surface area contributed by atoms with Crippen LogP contribution in [-0.4, -0.2) is 15.0 Å². The first-order valence-corrected chi connectivity index (χ1v) is 19.7. The van der Waals surface area contributed by atoms with Crippen LogP contribution in [0.25, 0.3) is 61.6 Å². The smallest absolute Gasteiger partial charge is 0.164 e. The van der Waals surface area contributed by atoms with E-state index in [-0.39, 0.29) is 10.8 Å². The number of hydrogen-bond acceptors (Lipinski definition) is 3. The Morgan fingerprint density at radius 3 is 1.86 bits per heavy atom. The first kappa shape index (κ1) is 32.7. The largest absolute Gasteiger partial charge is 0.208 e. The highest BCUT2D eigenvalue weighted by molar-refractivity contribution is 5.93. The zero-order chi connectivity index (χ0) is 37.4. The second-order valence-electron chi connectivity index (χ2n) is 15.8. The molecule has 1 aromatic heterocycles. The highest BCUT2D eigenvalue weighted by Crippen LogP contribution is 2.63. The number of rotatable bonds is 4. The maximum absolute atomic E-state index is 5.18. The van der Waals surface area contributed by atoms with Gasteiger partial charge in [-0.05, 0) is 91.4 Å². The summed E-state index contributed by atoms with van der Waals surface area (Å²) < 4.78 is 0. The Balaban J connectivity index is 1.13. The van der Waals surface area contributed by atoms with Crippen molar-refractivity contribution in [1.29, 1.82) is 0 Å². The average molecular weight is 718 g/mol. The molecule has 0 fully saturated rings. The van der Waals surface area contributed by atoms with Crippen molar-refractivity contribution in [3.05, 3.63) is 215 Å². The minimum atomic E-state index is -0.362. The first-order chi connectivity index (χ1) is 27.5. The Morgan fingerprint density at radius 2 is 1.04 bits per heavy atom. The molecule has 3 aliphatic carbocycles. The molecule has 11 rings (SSSR count). The fourth-order valence-corrected chi connectivity index (χ4v) is 10.0. The molecule has 8 aromatic rings. The highest BCUT2D eigenvalue weighted by atomic mass is 15.0. The van der Waals surface area contributed by atoms with E-state index in [9.17, 15) is 0 Å². The Kier molecular flexibility index (Phi) is 7.25. The maximum Gasteiger partial charge on any atom is 0.164 e. The molecular formula is C53H39N3. The molecule has 0 N–H and O–H groups in total. The molecular weight excluding hydrogens is 679 g/mol. The van der Waals surface area contributed by atoms with Gasteiger partial charge < -0.3 is 0 Å². The van der Waals surface area contributed by atoms with E-state index < -0.39 is 0 Å². The van der Waals surface area contributed by atoms with Crippen molar-refractivity contribution in [2.75, 3.05) is 0 Å². The number of aromatic nitrogens is 3. The first-order valence-electron chi connectivity index (χ1n) is 19.7. The number of allylic oxidation sites excluding steroid dienone is 4. The van der Waals surface area contributed by atoms with E-state index in [0.717, 1.165) is 40.5 Å². The molecule has 0 saturated heterocycles. The summed E-state index contributed by atoms with van der Waals surface area (Å²) in [6, 6.07) is 59.3. The van der Waals surface area contributed by atoms with Gasteiger partial charge >= 0.3 is 0 Å². The van der Waals surface area contributed by atoms with Crippen molar-refractivity contribution in [2.24, 2.45) is 0 Å². The second kappa shape index (κ2) is 12.4. The maximum atomic E-state index is 5.18. The molecule has 1 unspecified atom stereocenters. The normalized spacial score (nSPS) is 17.4. The predicted molar refractivity (Wildman–Crippen MR) is 229 cm³/mol. The van der Waals surface area contributed by atoms with Crippen LogP contribution < -0.4 is 0 Å². The van der Waals surface area contributed by atoms with E-state index in [1.165, 1.54) is 55.5 Å². The summed E-state index contributed by atoms with van der Waals surface area (Å²) in [7, 11) is 0. The fraction of sp³-hybridized carbons (Fsp3) is 0.113. The molecule has 0 amide bonds. The minimum Gasteiger partial charge on any atom is -0.208 e. The van der Waals surface area contributed by atoms with Crippen LogP contribution in [0.3, 0.4) is 0 Å². The molecule has 1 spiro atoms. The molecule has 1 atom stereocenters. The van der Waals surface area contributed by atoms with Crippen molar-refractivity contribution < 1.29 is 0 Å². The molecule has 1 heterocycles. The minimum absolute atomic E-state index is 0.260. The monoisotopic (exact) mass is 717 g/mol. The van der Waals surface area contributed by atoms with E-state index in [4.69, 9.17) is 15.0 Å². The number of fused-ring (bicyclic) bond motifs is 9. The third-order valence-corrected chi connectivity index (χ3v) is 12.4. The molecule has 56 heavy (non-hydrogen) atoms. The van der Waals surface area contributed by atoms with Crippen molar-refractivity contribution in [3.8, 4) is 45.3 Å². The molecule has 0 aliphatic heterocycles. The number of hydrogen-bond donors (Lipinski definition) is 0. The second-order valence-corrected chi connectivity index (χ2v) is 15.8. The number of benzene rings is 7. The van der Waals surface area contributed by atoms with Gasteiger partial charge in [0.05, 0.1) is 5.41 Å². The van der Waals surface area contributed by atoms with Crippen LogP contribution in [-0.2, 0) is 10.8 Å². The third kappa shape index (κ3) is 4.73. The molecule has 3 heteroatoms. The van der Waals surface area contributed by atoms with Gasteiger partial charge in [-0.2, -0.15) is 0 Å². The predicted octanol–water partition coefficient (Wildman–Crippen LogP) is 12.8. The van der Waals surface area contributed by atoms with Crippen LogP contribution in [0.1, 0.15) is 60.1 Å². The summed E-state index contributed by atoms with van der Waals surface area (Å²) in [4.78, 5) is 15.4. The molecule has 0 saturated carbocycles. The molecule has 266 valence electrons. The van der Waals surface area contributed by atoms with Crippen molar-refractivity contribution in [1.82, 2.24) is 15.0 Å². The standard InChI is InChI=1S/C53H39N3/c1-52(2)45-27-12-13-28-46(45)53(43-25-10-8-22-41(43)42-23-9-11-26-44(42)53)47-29-15-24-40(48(47)52)37-20-14-21-38(33-37)50-54-49(35-17-4-3-5-18-35)55-51(56-50)39-31-30-34-16-6-7-19-36(34)32-39/h3-10,12-25,27-33H,11,26H2,1-2H3. The summed E-state index contributed by atoms with van der Waals surface area (Å²) in [5.41, 5.74) is 15.9. The van der Waals surface area contributed by atoms with Crippen LogP contribution in [0, 0.1) is 0 Å². The Bertz CT molecular complexity index is 2950. The lowest BCUT2D eigenvalue weighted by atomic mass is 9.53. The summed E-state index contributed by atoms with van der Waals surface area (Å²) >= 11 is 0. The lowest BCUT2D eigenvalue weighted by molar-refractivity contribution is 0.551. The third-order valence-electron chi connectivity index (χ3n) is 12.4. The van der Waals surface area contributed by atoms with Crippen molar-refractivity contribution >= 4 is 16.3 Å². The lowest BCUT2D eigenvalue weighted by Crippen LogP contribution is -2.41. The van der Waals surface area contributed by atoms with Gasteiger partial charge in [-0.1, -0.05) is 178 Å². The Hall–Kier alpha value is -6.71. The molecule has 3 nitrogen and oxygen atoms in total. The van der Waals surface area contributed by atoms with Gasteiger partial charge in [0, 0.05) is 22.1 Å². The van der Waals surface area contributed by atoms with Crippen LogP contribution in [0.5, 0.6) is 0 Å². The van der Waals surface area contributed by atoms with Crippen LogP contribution >= 0.6 is 0 Å². The summed E-state index contributed by atoms with van der Waals surface area (Å²) in [6.07, 6.45) is 6.82. The molecule has 0 bridgehead atoms. The van der Waals surface area contributed by atoms with Gasteiger partial charge in [-0.3, -0.25) is 0 Å². The average Bonchev–Trinajstić information content (AvgIpc) is 3.56. The zero-order valence-electron chi connectivity index (χ0n) is 31.5. The molecule has 0 radical (unpaired) electrons. The van der Waals surface area contributed by atoms with Gasteiger partial charge in [0.1, 0.15) is 0 Å². The fourth-order valence-electron chi connectivity index (χ4n) is 10.0. The van der Waals surface area contributed by atoms with Crippen LogP contribution in [0.2, 0.25) is 0 Å². The van der Waals surface area contributed by atoms with Crippen molar-refractivity contribution in [2.45, 2.75) is 37.5 Å². The van der Waals surface area contributed by atoms with Crippen LogP contribution in [0.4, 0.5) is 0 Å². The van der Waals surface area contributed by atoms with E-state index in [2.05, 4.69) is 172 Å². The quantitative estimate of drug-likeness (QED) is 0.182. The summed E-state index contributed by atoms with van der Waals surface area (Å²) in [5, 5.41) is 2.34. The van der Waals surface area contributed by atoms with E-state index in [1.54, 1.807) is 0 Å². The summed E-state index contributed by atoms with van der Waals surface area (Å²) in [6.45, 7) is 4.82. The highest BCUT2D eigenvalue weighted by Gasteiger charge is 2.54.